The first kappa shape index (κ1) is 12.3. The van der Waals surface area contributed by atoms with E-state index in [4.69, 9.17) is 4.74 Å². The van der Waals surface area contributed by atoms with Gasteiger partial charge in [0.2, 0.25) is 0 Å². The topological polar surface area (TPSA) is 21.3 Å². The largest absolute Gasteiger partial charge is 0.497 e. The van der Waals surface area contributed by atoms with Crippen LogP contribution >= 0.6 is 0 Å². The number of nitrogens with one attached hydrogen (secondary N) is 1. The molecule has 17 heavy (non-hydrogen) atoms. The van der Waals surface area contributed by atoms with Gasteiger partial charge in [-0.25, -0.2) is 0 Å². The van der Waals surface area contributed by atoms with Crippen LogP contribution in [-0.2, 0) is 5.41 Å². The average Bonchev–Trinajstić information content (AvgIpc) is 2.69. The van der Waals surface area contributed by atoms with Crippen LogP contribution in [0.5, 0.6) is 5.75 Å². The second kappa shape index (κ2) is 4.99. The van der Waals surface area contributed by atoms with Crippen molar-refractivity contribution in [1.82, 2.24) is 0 Å². The number of benzene rings is 1. The smallest absolute Gasteiger partial charge is 0.119 e. The number of rotatable bonds is 5. The number of hydrogen-bond acceptors (Lipinski definition) is 2. The molecule has 1 heterocycles. The molecule has 1 aromatic carbocycles. The quantitative estimate of drug-likeness (QED) is 0.831. The third-order valence-electron chi connectivity index (χ3n) is 3.87. The van der Waals surface area contributed by atoms with E-state index in [1.165, 1.54) is 36.9 Å². The Bertz CT molecular complexity index is 375. The number of ether oxygens (including phenoxy) is 1. The summed E-state index contributed by atoms with van der Waals surface area (Å²) in [6, 6.07) is 6.42. The van der Waals surface area contributed by atoms with Crippen molar-refractivity contribution in [1.29, 1.82) is 0 Å². The monoisotopic (exact) mass is 233 g/mol. The van der Waals surface area contributed by atoms with Crippen LogP contribution in [-0.4, -0.2) is 13.7 Å². The number of anilines is 1. The molecule has 1 aliphatic rings. The lowest BCUT2D eigenvalue weighted by molar-refractivity contribution is 0.384. The van der Waals surface area contributed by atoms with E-state index in [0.717, 1.165) is 12.3 Å². The van der Waals surface area contributed by atoms with Crippen molar-refractivity contribution in [2.75, 3.05) is 19.0 Å². The molecule has 94 valence electrons. The zero-order valence-electron chi connectivity index (χ0n) is 11.2. The van der Waals surface area contributed by atoms with Crippen LogP contribution in [0.1, 0.15) is 45.1 Å². The van der Waals surface area contributed by atoms with Gasteiger partial charge in [-0.1, -0.05) is 26.7 Å². The summed E-state index contributed by atoms with van der Waals surface area (Å²) in [5.74, 6) is 0.976. The standard InChI is InChI=1S/C15H23NO/c1-4-8-15(9-5-2)11-16-14-7-6-12(17-3)10-13(14)15/h6-7,10,16H,4-5,8-9,11H2,1-3H3. The first-order valence-electron chi connectivity index (χ1n) is 6.68. The van der Waals surface area contributed by atoms with Crippen molar-refractivity contribution in [3.63, 3.8) is 0 Å². The van der Waals surface area contributed by atoms with E-state index in [2.05, 4.69) is 31.3 Å². The lowest BCUT2D eigenvalue weighted by Gasteiger charge is -2.29. The molecule has 0 aliphatic carbocycles. The van der Waals surface area contributed by atoms with Crippen molar-refractivity contribution in [3.05, 3.63) is 23.8 Å². The molecule has 0 saturated carbocycles. The van der Waals surface area contributed by atoms with Gasteiger partial charge in [0, 0.05) is 17.6 Å². The SMILES string of the molecule is CCCC1(CCC)CNc2ccc(OC)cc21. The molecule has 1 aliphatic heterocycles. The van der Waals surface area contributed by atoms with Crippen LogP contribution in [0.4, 0.5) is 5.69 Å². The molecule has 2 rings (SSSR count). The van der Waals surface area contributed by atoms with Crippen LogP contribution in [0.15, 0.2) is 18.2 Å². The first-order valence-corrected chi connectivity index (χ1v) is 6.68. The summed E-state index contributed by atoms with van der Waals surface area (Å²) in [5.41, 5.74) is 3.08. The van der Waals surface area contributed by atoms with Crippen molar-refractivity contribution >= 4 is 5.69 Å². The van der Waals surface area contributed by atoms with Crippen molar-refractivity contribution in [3.8, 4) is 5.75 Å². The summed E-state index contributed by atoms with van der Waals surface area (Å²) in [5, 5.41) is 3.56. The third kappa shape index (κ3) is 2.13. The first-order chi connectivity index (χ1) is 8.25. The predicted molar refractivity (Wildman–Crippen MR) is 73.0 cm³/mol. The molecule has 1 aromatic rings. The molecule has 0 amide bonds. The van der Waals surface area contributed by atoms with E-state index >= 15 is 0 Å². The highest BCUT2D eigenvalue weighted by atomic mass is 16.5. The maximum absolute atomic E-state index is 5.36. The molecule has 1 N–H and O–H groups in total. The summed E-state index contributed by atoms with van der Waals surface area (Å²) >= 11 is 0. The highest BCUT2D eigenvalue weighted by Crippen LogP contribution is 2.44. The van der Waals surface area contributed by atoms with Crippen molar-refractivity contribution in [2.45, 2.75) is 44.9 Å². The van der Waals surface area contributed by atoms with Crippen LogP contribution in [0.3, 0.4) is 0 Å². The van der Waals surface area contributed by atoms with Gasteiger partial charge < -0.3 is 10.1 Å². The second-order valence-corrected chi connectivity index (χ2v) is 5.05. The maximum atomic E-state index is 5.36. The maximum Gasteiger partial charge on any atom is 0.119 e. The molecule has 0 saturated heterocycles. The highest BCUT2D eigenvalue weighted by Gasteiger charge is 2.37. The Morgan fingerprint density at radius 3 is 2.53 bits per heavy atom. The normalized spacial score (nSPS) is 16.4. The Balaban J connectivity index is 2.39. The number of fused-ring (bicyclic) bond motifs is 1. The number of hydrogen-bond donors (Lipinski definition) is 1. The van der Waals surface area contributed by atoms with Crippen LogP contribution in [0.2, 0.25) is 0 Å². The highest BCUT2D eigenvalue weighted by molar-refractivity contribution is 5.62. The van der Waals surface area contributed by atoms with Gasteiger partial charge in [0.15, 0.2) is 0 Å². The molecular formula is C15H23NO. The zero-order valence-corrected chi connectivity index (χ0v) is 11.2. The lowest BCUT2D eigenvalue weighted by Crippen LogP contribution is -2.28. The molecule has 0 aromatic heterocycles. The van der Waals surface area contributed by atoms with Crippen LogP contribution in [0.25, 0.3) is 0 Å². The van der Waals surface area contributed by atoms with Gasteiger partial charge in [-0.05, 0) is 36.6 Å². The Hall–Kier alpha value is -1.18. The van der Waals surface area contributed by atoms with E-state index in [9.17, 15) is 0 Å². The Labute approximate surface area is 104 Å². The third-order valence-corrected chi connectivity index (χ3v) is 3.87. The summed E-state index contributed by atoms with van der Waals surface area (Å²) in [4.78, 5) is 0. The van der Waals surface area contributed by atoms with Gasteiger partial charge >= 0.3 is 0 Å². The second-order valence-electron chi connectivity index (χ2n) is 5.05. The van der Waals surface area contributed by atoms with Gasteiger partial charge in [0.1, 0.15) is 5.75 Å². The van der Waals surface area contributed by atoms with Crippen LogP contribution in [0, 0.1) is 0 Å². The van der Waals surface area contributed by atoms with E-state index in [1.54, 1.807) is 7.11 Å². The molecule has 0 bridgehead atoms. The number of methoxy groups -OCH3 is 1. The fourth-order valence-electron chi connectivity index (χ4n) is 3.13. The molecule has 2 heteroatoms. The van der Waals surface area contributed by atoms with Gasteiger partial charge in [-0.15, -0.1) is 0 Å². The fraction of sp³-hybridized carbons (Fsp3) is 0.600. The minimum atomic E-state index is 0.327. The fourth-order valence-corrected chi connectivity index (χ4v) is 3.13. The van der Waals surface area contributed by atoms with Gasteiger partial charge in [-0.3, -0.25) is 0 Å². The summed E-state index contributed by atoms with van der Waals surface area (Å²) in [6.45, 7) is 5.63. The van der Waals surface area contributed by atoms with E-state index in [0.29, 0.717) is 5.41 Å². The van der Waals surface area contributed by atoms with Gasteiger partial charge in [-0.2, -0.15) is 0 Å². The van der Waals surface area contributed by atoms with Gasteiger partial charge in [0.05, 0.1) is 7.11 Å². The molecular weight excluding hydrogens is 210 g/mol. The lowest BCUT2D eigenvalue weighted by atomic mass is 9.75. The minimum Gasteiger partial charge on any atom is -0.497 e. The molecule has 0 atom stereocenters. The van der Waals surface area contributed by atoms with E-state index < -0.39 is 0 Å². The summed E-state index contributed by atoms with van der Waals surface area (Å²) in [6.07, 6.45) is 4.98. The predicted octanol–water partition coefficient (Wildman–Crippen LogP) is 3.96. The molecule has 2 nitrogen and oxygen atoms in total. The Morgan fingerprint density at radius 1 is 1.24 bits per heavy atom. The van der Waals surface area contributed by atoms with E-state index in [-0.39, 0.29) is 0 Å². The van der Waals surface area contributed by atoms with E-state index in [1.807, 2.05) is 6.07 Å². The Morgan fingerprint density at radius 2 is 1.94 bits per heavy atom. The minimum absolute atomic E-state index is 0.327. The van der Waals surface area contributed by atoms with Crippen LogP contribution < -0.4 is 10.1 Å². The molecule has 0 spiro atoms. The molecule has 0 unspecified atom stereocenters. The summed E-state index contributed by atoms with van der Waals surface area (Å²) < 4.78 is 5.36. The van der Waals surface area contributed by atoms with Crippen molar-refractivity contribution in [2.24, 2.45) is 0 Å². The van der Waals surface area contributed by atoms with Crippen molar-refractivity contribution < 1.29 is 4.74 Å². The van der Waals surface area contributed by atoms with Gasteiger partial charge in [0.25, 0.3) is 0 Å². The molecule has 0 fully saturated rings. The summed E-state index contributed by atoms with van der Waals surface area (Å²) in [7, 11) is 1.74. The Kier molecular flexibility index (Phi) is 3.60. The molecule has 0 radical (unpaired) electrons. The average molecular weight is 233 g/mol. The zero-order chi connectivity index (χ0) is 12.3.